The number of anilines is 1. The normalized spacial score (nSPS) is 24.1. The van der Waals surface area contributed by atoms with Crippen LogP contribution in [0.25, 0.3) is 11.4 Å². The number of urea groups is 1. The Hall–Kier alpha value is -3.78. The average molecular weight is 471 g/mol. The lowest BCUT2D eigenvalue weighted by molar-refractivity contribution is 0.0658. The number of carbonyl (C=O) groups is 2. The number of nitrogens with one attached hydrogen (secondary N) is 1. The molecule has 1 spiro atoms. The van der Waals surface area contributed by atoms with Gasteiger partial charge in [0.05, 0.1) is 30.2 Å². The fourth-order valence-electron chi connectivity index (χ4n) is 5.51. The van der Waals surface area contributed by atoms with E-state index in [4.69, 9.17) is 5.73 Å². The van der Waals surface area contributed by atoms with E-state index in [1.807, 2.05) is 12.1 Å². The number of nitrogens with zero attached hydrogens (tertiary/aromatic N) is 4. The van der Waals surface area contributed by atoms with Gasteiger partial charge in [-0.3, -0.25) is 14.6 Å². The lowest BCUT2D eigenvalue weighted by Crippen LogP contribution is -2.54. The summed E-state index contributed by atoms with van der Waals surface area (Å²) in [6.07, 6.45) is 7.03. The second kappa shape index (κ2) is 8.78. The molecular weight excluding hydrogens is 440 g/mol. The first-order valence-electron chi connectivity index (χ1n) is 11.9. The molecule has 35 heavy (non-hydrogen) atoms. The Morgan fingerprint density at radius 2 is 1.69 bits per heavy atom. The van der Waals surface area contributed by atoms with E-state index < -0.39 is 5.91 Å². The number of nitrogens with two attached hydrogens (primary N) is 1. The van der Waals surface area contributed by atoms with Crippen LogP contribution >= 0.6 is 0 Å². The first kappa shape index (κ1) is 23.0. The minimum Gasteiger partial charge on any atom is -0.366 e. The van der Waals surface area contributed by atoms with Crippen LogP contribution in [0.5, 0.6) is 0 Å². The average Bonchev–Trinajstić information content (AvgIpc) is 3.20. The molecule has 1 aliphatic heterocycles. The molecule has 8 heteroatoms. The number of primary amides is 1. The Kier molecular flexibility index (Phi) is 5.76. The summed E-state index contributed by atoms with van der Waals surface area (Å²) in [5.41, 5.74) is 8.16. The maximum atomic E-state index is 13.0. The summed E-state index contributed by atoms with van der Waals surface area (Å²) in [4.78, 5) is 37.4. The minimum absolute atomic E-state index is 0.0329. The van der Waals surface area contributed by atoms with Crippen LogP contribution in [0.3, 0.4) is 0 Å². The van der Waals surface area contributed by atoms with Gasteiger partial charge in [-0.15, -0.1) is 0 Å². The van der Waals surface area contributed by atoms with Crippen LogP contribution in [0.2, 0.25) is 0 Å². The highest BCUT2D eigenvalue weighted by Crippen LogP contribution is 2.46. The Bertz CT molecular complexity index is 1230. The van der Waals surface area contributed by atoms with Gasteiger partial charge in [0.2, 0.25) is 5.91 Å². The number of hydrogen-bond donors (Lipinski definition) is 2. The molecule has 1 aliphatic carbocycles. The lowest BCUT2D eigenvalue weighted by atomic mass is 9.69. The molecule has 1 saturated carbocycles. The summed E-state index contributed by atoms with van der Waals surface area (Å²) in [5, 5.41) is 3.27. The molecule has 3 amide bonds. The van der Waals surface area contributed by atoms with Gasteiger partial charge in [-0.05, 0) is 57.5 Å². The maximum Gasteiger partial charge on any atom is 0.322 e. The van der Waals surface area contributed by atoms with Crippen molar-refractivity contribution in [3.05, 3.63) is 78.1 Å². The van der Waals surface area contributed by atoms with Crippen molar-refractivity contribution in [2.75, 3.05) is 25.5 Å². The smallest absolute Gasteiger partial charge is 0.322 e. The van der Waals surface area contributed by atoms with E-state index in [9.17, 15) is 9.59 Å². The van der Waals surface area contributed by atoms with Crippen LogP contribution in [-0.4, -0.2) is 53.0 Å². The van der Waals surface area contributed by atoms with Crippen LogP contribution in [0.4, 0.5) is 10.5 Å². The van der Waals surface area contributed by atoms with E-state index >= 15 is 0 Å². The molecule has 2 fully saturated rings. The van der Waals surface area contributed by atoms with E-state index in [0.717, 1.165) is 25.7 Å². The van der Waals surface area contributed by atoms with Gasteiger partial charge in [0.25, 0.3) is 0 Å². The standard InChI is InChI=1S/C27H30N6O2/c1-32(2)27(21-9-4-3-5-10-21)13-11-26(12-14-27)18-33(25(35)31-26)22-16-29-24(30-17-22)20-8-6-7-19(15-20)23(28)34/h3-10,15-17H,11-14,18H2,1-2H3,(H2,28,34)(H,31,35)/t26-,27-. The molecule has 1 aromatic heterocycles. The third-order valence-electron chi connectivity index (χ3n) is 7.63. The van der Waals surface area contributed by atoms with Gasteiger partial charge in [-0.2, -0.15) is 0 Å². The van der Waals surface area contributed by atoms with Crippen molar-refractivity contribution < 1.29 is 9.59 Å². The number of benzene rings is 2. The molecule has 0 bridgehead atoms. The van der Waals surface area contributed by atoms with E-state index in [0.29, 0.717) is 29.2 Å². The molecule has 0 atom stereocenters. The largest absolute Gasteiger partial charge is 0.366 e. The van der Waals surface area contributed by atoms with Crippen LogP contribution in [-0.2, 0) is 5.54 Å². The summed E-state index contributed by atoms with van der Waals surface area (Å²) < 4.78 is 0. The molecule has 2 heterocycles. The van der Waals surface area contributed by atoms with Gasteiger partial charge in [0.15, 0.2) is 5.82 Å². The Morgan fingerprint density at radius 3 is 2.31 bits per heavy atom. The highest BCUT2D eigenvalue weighted by atomic mass is 16.2. The molecule has 8 nitrogen and oxygen atoms in total. The first-order chi connectivity index (χ1) is 16.8. The van der Waals surface area contributed by atoms with E-state index in [1.54, 1.807) is 35.5 Å². The Morgan fingerprint density at radius 1 is 1.00 bits per heavy atom. The zero-order valence-electron chi connectivity index (χ0n) is 20.1. The molecular formula is C27H30N6O2. The summed E-state index contributed by atoms with van der Waals surface area (Å²) >= 11 is 0. The molecule has 3 N–H and O–H groups in total. The van der Waals surface area contributed by atoms with Crippen molar-refractivity contribution >= 4 is 17.6 Å². The van der Waals surface area contributed by atoms with Crippen LogP contribution in [0.15, 0.2) is 67.0 Å². The topological polar surface area (TPSA) is 104 Å². The summed E-state index contributed by atoms with van der Waals surface area (Å²) in [6.45, 7) is 0.587. The first-order valence-corrected chi connectivity index (χ1v) is 11.9. The van der Waals surface area contributed by atoms with Crippen molar-refractivity contribution in [1.29, 1.82) is 0 Å². The van der Waals surface area contributed by atoms with E-state index in [2.05, 4.69) is 58.5 Å². The predicted molar refractivity (Wildman–Crippen MR) is 135 cm³/mol. The fourth-order valence-corrected chi connectivity index (χ4v) is 5.51. The number of aromatic nitrogens is 2. The number of amides is 3. The van der Waals surface area contributed by atoms with Crippen LogP contribution < -0.4 is 16.0 Å². The highest BCUT2D eigenvalue weighted by Gasteiger charge is 2.50. The quantitative estimate of drug-likeness (QED) is 0.594. The third kappa shape index (κ3) is 4.14. The van der Waals surface area contributed by atoms with E-state index in [1.165, 1.54) is 5.56 Å². The van der Waals surface area contributed by atoms with Gasteiger partial charge in [0, 0.05) is 16.7 Å². The predicted octanol–water partition coefficient (Wildman–Crippen LogP) is 3.54. The second-order valence-corrected chi connectivity index (χ2v) is 9.80. The summed E-state index contributed by atoms with van der Waals surface area (Å²) in [7, 11) is 4.28. The Labute approximate surface area is 205 Å². The number of carbonyl (C=O) groups excluding carboxylic acids is 2. The SMILES string of the molecule is CN(C)[C@]1(c2ccccc2)CC[C@@]2(CC1)CN(c1cnc(-c3cccc(C(N)=O)c3)nc1)C(=O)N2. The molecule has 0 unspecified atom stereocenters. The number of rotatable bonds is 5. The molecule has 2 aliphatic rings. The van der Waals surface area contributed by atoms with Crippen molar-refractivity contribution in [1.82, 2.24) is 20.2 Å². The summed E-state index contributed by atoms with van der Waals surface area (Å²) in [6, 6.07) is 17.4. The van der Waals surface area contributed by atoms with Crippen molar-refractivity contribution in [2.45, 2.75) is 36.8 Å². The maximum absolute atomic E-state index is 13.0. The summed E-state index contributed by atoms with van der Waals surface area (Å²) in [5.74, 6) is -0.0250. The molecule has 3 aromatic rings. The van der Waals surface area contributed by atoms with Crippen molar-refractivity contribution in [3.63, 3.8) is 0 Å². The monoisotopic (exact) mass is 470 g/mol. The number of hydrogen-bond acceptors (Lipinski definition) is 5. The van der Waals surface area contributed by atoms with Crippen molar-refractivity contribution in [2.24, 2.45) is 5.73 Å². The Balaban J connectivity index is 1.32. The van der Waals surface area contributed by atoms with Gasteiger partial charge in [-0.25, -0.2) is 14.8 Å². The van der Waals surface area contributed by atoms with Crippen LogP contribution in [0, 0.1) is 0 Å². The highest BCUT2D eigenvalue weighted by molar-refractivity contribution is 5.95. The third-order valence-corrected chi connectivity index (χ3v) is 7.63. The van der Waals surface area contributed by atoms with Gasteiger partial charge in [0.1, 0.15) is 0 Å². The molecule has 0 radical (unpaired) electrons. The minimum atomic E-state index is -0.500. The van der Waals surface area contributed by atoms with Gasteiger partial charge >= 0.3 is 6.03 Å². The zero-order valence-corrected chi connectivity index (χ0v) is 20.1. The molecule has 5 rings (SSSR count). The fraction of sp³-hybridized carbons (Fsp3) is 0.333. The van der Waals surface area contributed by atoms with Crippen LogP contribution in [0.1, 0.15) is 41.6 Å². The van der Waals surface area contributed by atoms with Crippen molar-refractivity contribution in [3.8, 4) is 11.4 Å². The molecule has 2 aromatic carbocycles. The van der Waals surface area contributed by atoms with Gasteiger partial charge in [-0.1, -0.05) is 42.5 Å². The molecule has 1 saturated heterocycles. The second-order valence-electron chi connectivity index (χ2n) is 9.80. The molecule has 180 valence electrons. The van der Waals surface area contributed by atoms with Gasteiger partial charge < -0.3 is 11.1 Å². The lowest BCUT2D eigenvalue weighted by Gasteiger charge is -2.48. The zero-order chi connectivity index (χ0) is 24.6. The van der Waals surface area contributed by atoms with E-state index in [-0.39, 0.29) is 17.1 Å².